The predicted molar refractivity (Wildman–Crippen MR) is 92.5 cm³/mol. The molecule has 0 aliphatic carbocycles. The smallest absolute Gasteiger partial charge is 0.242 e. The first-order valence-electron chi connectivity index (χ1n) is 8.78. The van der Waals surface area contributed by atoms with Gasteiger partial charge >= 0.3 is 0 Å². The Morgan fingerprint density at radius 3 is 2.74 bits per heavy atom. The van der Waals surface area contributed by atoms with Gasteiger partial charge < -0.3 is 19.9 Å². The molecule has 0 spiro atoms. The summed E-state index contributed by atoms with van der Waals surface area (Å²) < 4.78 is 5.42. The molecule has 1 amide bonds. The van der Waals surface area contributed by atoms with E-state index in [9.17, 15) is 4.79 Å². The van der Waals surface area contributed by atoms with Crippen LogP contribution < -0.4 is 5.32 Å². The zero-order valence-electron chi connectivity index (χ0n) is 15.3. The highest BCUT2D eigenvalue weighted by Gasteiger charge is 2.40. The summed E-state index contributed by atoms with van der Waals surface area (Å²) in [5.41, 5.74) is -0.198. The van der Waals surface area contributed by atoms with E-state index < -0.39 is 0 Å². The Labute approximate surface area is 140 Å². The summed E-state index contributed by atoms with van der Waals surface area (Å²) in [7, 11) is 0. The molecule has 2 rings (SSSR count). The van der Waals surface area contributed by atoms with E-state index in [1.165, 1.54) is 0 Å². The third-order valence-electron chi connectivity index (χ3n) is 4.50. The fourth-order valence-corrected chi connectivity index (χ4v) is 3.68. The molecule has 0 radical (unpaired) electrons. The van der Waals surface area contributed by atoms with Crippen LogP contribution in [-0.4, -0.2) is 72.6 Å². The molecule has 0 aromatic heterocycles. The minimum Gasteiger partial charge on any atom is -0.381 e. The van der Waals surface area contributed by atoms with Gasteiger partial charge in [0.05, 0.1) is 18.7 Å². The van der Waals surface area contributed by atoms with Crippen molar-refractivity contribution in [3.63, 3.8) is 0 Å². The second-order valence-electron chi connectivity index (χ2n) is 7.45. The van der Waals surface area contributed by atoms with Crippen LogP contribution >= 0.6 is 0 Å². The molecule has 1 unspecified atom stereocenters. The van der Waals surface area contributed by atoms with Gasteiger partial charge in [0.2, 0.25) is 5.91 Å². The van der Waals surface area contributed by atoms with Gasteiger partial charge in [-0.05, 0) is 41.0 Å². The molecule has 6 nitrogen and oxygen atoms in total. The monoisotopic (exact) mass is 324 g/mol. The molecule has 6 heteroatoms. The van der Waals surface area contributed by atoms with Gasteiger partial charge in [-0.3, -0.25) is 9.79 Å². The molecule has 1 atom stereocenters. The number of rotatable bonds is 4. The molecule has 2 aliphatic rings. The molecule has 2 fully saturated rings. The average molecular weight is 324 g/mol. The summed E-state index contributed by atoms with van der Waals surface area (Å²) in [6, 6.07) is 0.217. The lowest BCUT2D eigenvalue weighted by Gasteiger charge is -2.49. The van der Waals surface area contributed by atoms with Crippen molar-refractivity contribution in [2.45, 2.75) is 52.6 Å². The number of aliphatic imine (C=N–C) groups is 1. The second-order valence-corrected chi connectivity index (χ2v) is 7.45. The van der Waals surface area contributed by atoms with Crippen molar-refractivity contribution in [2.24, 2.45) is 10.9 Å². The first-order chi connectivity index (χ1) is 10.8. The summed E-state index contributed by atoms with van der Waals surface area (Å²) in [5, 5.41) is 3.34. The molecular weight excluding hydrogens is 292 g/mol. The second kappa shape index (κ2) is 7.51. The van der Waals surface area contributed by atoms with Crippen LogP contribution in [0.3, 0.4) is 0 Å². The van der Waals surface area contributed by atoms with Crippen LogP contribution in [0.15, 0.2) is 4.99 Å². The lowest BCUT2D eigenvalue weighted by Crippen LogP contribution is -2.66. The number of nitrogens with one attached hydrogen (secondary N) is 1. The molecule has 132 valence electrons. The maximum atomic E-state index is 12.6. The number of carbonyl (C=O) groups is 1. The Morgan fingerprint density at radius 1 is 1.48 bits per heavy atom. The Kier molecular flexibility index (Phi) is 5.89. The van der Waals surface area contributed by atoms with Crippen LogP contribution in [0.25, 0.3) is 0 Å². The zero-order chi connectivity index (χ0) is 17.0. The third-order valence-corrected chi connectivity index (χ3v) is 4.50. The van der Waals surface area contributed by atoms with Gasteiger partial charge in [-0.1, -0.05) is 0 Å². The largest absolute Gasteiger partial charge is 0.381 e. The van der Waals surface area contributed by atoms with Gasteiger partial charge in [0.1, 0.15) is 0 Å². The lowest BCUT2D eigenvalue weighted by atomic mass is 9.96. The van der Waals surface area contributed by atoms with E-state index in [1.807, 2.05) is 4.90 Å². The van der Waals surface area contributed by atoms with Crippen LogP contribution in [0.5, 0.6) is 0 Å². The number of amides is 1. The minimum atomic E-state index is -0.198. The van der Waals surface area contributed by atoms with Gasteiger partial charge in [0.25, 0.3) is 0 Å². The molecule has 0 bridgehead atoms. The van der Waals surface area contributed by atoms with Crippen LogP contribution in [0.4, 0.5) is 0 Å². The normalized spacial score (nSPS) is 25.4. The van der Waals surface area contributed by atoms with Crippen LogP contribution in [0.2, 0.25) is 0 Å². The molecule has 2 saturated heterocycles. The number of ether oxygens (including phenoxy) is 1. The predicted octanol–water partition coefficient (Wildman–Crippen LogP) is 1.32. The molecule has 0 saturated carbocycles. The van der Waals surface area contributed by atoms with E-state index >= 15 is 0 Å². The van der Waals surface area contributed by atoms with Crippen LogP contribution in [-0.2, 0) is 9.53 Å². The molecule has 0 aromatic carbocycles. The SMILES string of the molecule is CCNC(=NCC1CCOC1)N1CC(=O)N(C(C)C)C(C)(C)C1. The van der Waals surface area contributed by atoms with E-state index in [4.69, 9.17) is 9.73 Å². The number of guanidine groups is 1. The number of nitrogens with zero attached hydrogens (tertiary/aromatic N) is 3. The average Bonchev–Trinajstić information content (AvgIpc) is 2.94. The molecule has 2 aliphatic heterocycles. The number of hydrogen-bond donors (Lipinski definition) is 1. The van der Waals surface area contributed by atoms with E-state index in [0.717, 1.165) is 45.2 Å². The minimum absolute atomic E-state index is 0.172. The molecular formula is C17H32N4O2. The molecule has 0 aromatic rings. The highest BCUT2D eigenvalue weighted by Crippen LogP contribution is 2.24. The van der Waals surface area contributed by atoms with Crippen molar-refractivity contribution in [3.05, 3.63) is 0 Å². The lowest BCUT2D eigenvalue weighted by molar-refractivity contribution is -0.145. The summed E-state index contributed by atoms with van der Waals surface area (Å²) >= 11 is 0. The standard InChI is InChI=1S/C17H32N4O2/c1-6-18-16(19-9-14-7-8-23-11-14)20-10-15(22)21(13(2)3)17(4,5)12-20/h13-14H,6-12H2,1-5H3,(H,18,19). The molecule has 2 heterocycles. The van der Waals surface area contributed by atoms with E-state index in [2.05, 4.69) is 44.8 Å². The van der Waals surface area contributed by atoms with Gasteiger partial charge in [-0.25, -0.2) is 0 Å². The van der Waals surface area contributed by atoms with Crippen molar-refractivity contribution in [1.82, 2.24) is 15.1 Å². The highest BCUT2D eigenvalue weighted by atomic mass is 16.5. The summed E-state index contributed by atoms with van der Waals surface area (Å²) in [6.07, 6.45) is 1.08. The van der Waals surface area contributed by atoms with E-state index in [1.54, 1.807) is 0 Å². The Hall–Kier alpha value is -1.30. The molecule has 23 heavy (non-hydrogen) atoms. The topological polar surface area (TPSA) is 57.2 Å². The van der Waals surface area contributed by atoms with E-state index in [0.29, 0.717) is 12.5 Å². The van der Waals surface area contributed by atoms with Crippen molar-refractivity contribution in [3.8, 4) is 0 Å². The van der Waals surface area contributed by atoms with Gasteiger partial charge in [-0.15, -0.1) is 0 Å². The first-order valence-corrected chi connectivity index (χ1v) is 8.78. The Morgan fingerprint density at radius 2 is 2.22 bits per heavy atom. The van der Waals surface area contributed by atoms with Gasteiger partial charge in [0.15, 0.2) is 5.96 Å². The summed E-state index contributed by atoms with van der Waals surface area (Å²) in [5.74, 6) is 1.53. The van der Waals surface area contributed by atoms with Crippen LogP contribution in [0.1, 0.15) is 41.0 Å². The van der Waals surface area contributed by atoms with Crippen molar-refractivity contribution in [2.75, 3.05) is 39.4 Å². The fraction of sp³-hybridized carbons (Fsp3) is 0.882. The van der Waals surface area contributed by atoms with Crippen molar-refractivity contribution in [1.29, 1.82) is 0 Å². The quantitative estimate of drug-likeness (QED) is 0.626. The Balaban J connectivity index is 2.10. The number of hydrogen-bond acceptors (Lipinski definition) is 3. The maximum absolute atomic E-state index is 12.6. The highest BCUT2D eigenvalue weighted by molar-refractivity contribution is 5.88. The fourth-order valence-electron chi connectivity index (χ4n) is 3.68. The zero-order valence-corrected chi connectivity index (χ0v) is 15.3. The van der Waals surface area contributed by atoms with Crippen molar-refractivity contribution < 1.29 is 9.53 Å². The summed E-state index contributed by atoms with van der Waals surface area (Å²) in [6.45, 7) is 14.9. The number of carbonyl (C=O) groups excluding carboxylic acids is 1. The summed E-state index contributed by atoms with van der Waals surface area (Å²) in [4.78, 5) is 21.5. The van der Waals surface area contributed by atoms with Gasteiger partial charge in [0, 0.05) is 38.2 Å². The molecule has 1 N–H and O–H groups in total. The Bertz CT molecular complexity index is 442. The van der Waals surface area contributed by atoms with Crippen molar-refractivity contribution >= 4 is 11.9 Å². The van der Waals surface area contributed by atoms with Gasteiger partial charge in [-0.2, -0.15) is 0 Å². The third kappa shape index (κ3) is 4.37. The van der Waals surface area contributed by atoms with E-state index in [-0.39, 0.29) is 17.5 Å². The maximum Gasteiger partial charge on any atom is 0.242 e. The number of piperazine rings is 1. The van der Waals surface area contributed by atoms with Crippen LogP contribution in [0, 0.1) is 5.92 Å². The first kappa shape index (κ1) is 18.0.